The molecular weight excluding hydrogens is 506 g/mol. The fourth-order valence-corrected chi connectivity index (χ4v) is 3.93. The quantitative estimate of drug-likeness (QED) is 0.294. The molecule has 4 aromatic rings. The molecule has 1 N–H and O–H groups in total. The summed E-state index contributed by atoms with van der Waals surface area (Å²) in [5.41, 5.74) is 1.09. The predicted molar refractivity (Wildman–Crippen MR) is 142 cm³/mol. The number of esters is 2. The summed E-state index contributed by atoms with van der Waals surface area (Å²) in [5, 5.41) is 2.72. The topological polar surface area (TPSA) is 134 Å². The average molecular weight is 534 g/mol. The molecule has 2 aromatic carbocycles. The molecular formula is C29H27NO9. The molecule has 2 aromatic heterocycles. The molecule has 39 heavy (non-hydrogen) atoms. The molecule has 4 rings (SSSR count). The van der Waals surface area contributed by atoms with E-state index < -0.39 is 29.9 Å². The number of fused-ring (bicyclic) bond motifs is 1. The Labute approximate surface area is 223 Å². The van der Waals surface area contributed by atoms with Crippen molar-refractivity contribution in [3.8, 4) is 17.1 Å². The molecule has 0 fully saturated rings. The molecule has 0 bridgehead atoms. The number of anilines is 1. The molecule has 0 aliphatic rings. The smallest absolute Gasteiger partial charge is 0.344 e. The first-order valence-electron chi connectivity index (χ1n) is 12.3. The zero-order valence-corrected chi connectivity index (χ0v) is 21.9. The van der Waals surface area contributed by atoms with Gasteiger partial charge in [0.2, 0.25) is 17.1 Å². The lowest BCUT2D eigenvalue weighted by Gasteiger charge is -2.12. The first-order valence-corrected chi connectivity index (χ1v) is 12.3. The Morgan fingerprint density at radius 2 is 1.49 bits per heavy atom. The molecule has 0 saturated carbocycles. The number of amides is 1. The summed E-state index contributed by atoms with van der Waals surface area (Å²) in [7, 11) is 0. The number of benzene rings is 2. The van der Waals surface area contributed by atoms with E-state index in [0.717, 1.165) is 5.56 Å². The molecule has 202 valence electrons. The van der Waals surface area contributed by atoms with Crippen LogP contribution in [0.3, 0.4) is 0 Å². The largest absolute Gasteiger partial charge is 0.476 e. The third kappa shape index (κ3) is 5.69. The van der Waals surface area contributed by atoms with Crippen LogP contribution in [0.2, 0.25) is 0 Å². The number of aryl methyl sites for hydroxylation is 2. The van der Waals surface area contributed by atoms with Gasteiger partial charge in [0.25, 0.3) is 5.91 Å². The monoisotopic (exact) mass is 533 g/mol. The third-order valence-electron chi connectivity index (χ3n) is 5.71. The van der Waals surface area contributed by atoms with Crippen molar-refractivity contribution in [1.82, 2.24) is 0 Å². The van der Waals surface area contributed by atoms with E-state index in [1.54, 1.807) is 50.2 Å². The Hall–Kier alpha value is -4.86. The fraction of sp³-hybridized carbons (Fsp3) is 0.241. The zero-order chi connectivity index (χ0) is 28.1. The Morgan fingerprint density at radius 1 is 0.846 bits per heavy atom. The van der Waals surface area contributed by atoms with E-state index in [-0.39, 0.29) is 52.9 Å². The van der Waals surface area contributed by atoms with Crippen molar-refractivity contribution in [2.24, 2.45) is 0 Å². The van der Waals surface area contributed by atoms with Crippen LogP contribution in [0.5, 0.6) is 5.75 Å². The van der Waals surface area contributed by atoms with Crippen molar-refractivity contribution in [2.45, 2.75) is 27.7 Å². The SMILES string of the molecule is CCOC(=O)c1c(C)oc(NC(=O)COc2c(-c3ccc(C)cc3)oc3ccccc3c2=O)c1C(=O)OCC. The molecule has 0 atom stereocenters. The number of rotatable bonds is 9. The molecule has 0 aliphatic heterocycles. The lowest BCUT2D eigenvalue weighted by Crippen LogP contribution is -2.24. The molecule has 0 spiro atoms. The number of nitrogens with one attached hydrogen (secondary N) is 1. The van der Waals surface area contributed by atoms with Crippen molar-refractivity contribution in [1.29, 1.82) is 0 Å². The summed E-state index contributed by atoms with van der Waals surface area (Å²) in [6.07, 6.45) is 0. The summed E-state index contributed by atoms with van der Waals surface area (Å²) in [5.74, 6) is -2.65. The van der Waals surface area contributed by atoms with Gasteiger partial charge in [-0.1, -0.05) is 42.0 Å². The van der Waals surface area contributed by atoms with Gasteiger partial charge in [-0.15, -0.1) is 0 Å². The van der Waals surface area contributed by atoms with Crippen LogP contribution in [0.1, 0.15) is 45.9 Å². The highest BCUT2D eigenvalue weighted by Crippen LogP contribution is 2.32. The summed E-state index contributed by atoms with van der Waals surface area (Å²) in [6.45, 7) is 6.07. The first kappa shape index (κ1) is 27.2. The van der Waals surface area contributed by atoms with Gasteiger partial charge in [0.1, 0.15) is 22.5 Å². The second-order valence-electron chi connectivity index (χ2n) is 8.47. The van der Waals surface area contributed by atoms with Gasteiger partial charge >= 0.3 is 11.9 Å². The summed E-state index contributed by atoms with van der Waals surface area (Å²) >= 11 is 0. The Balaban J connectivity index is 1.65. The molecule has 10 nitrogen and oxygen atoms in total. The number of furan rings is 1. The highest BCUT2D eigenvalue weighted by Gasteiger charge is 2.31. The zero-order valence-electron chi connectivity index (χ0n) is 21.9. The second-order valence-corrected chi connectivity index (χ2v) is 8.47. The van der Waals surface area contributed by atoms with Crippen LogP contribution in [0.15, 0.2) is 62.2 Å². The molecule has 2 heterocycles. The number of carbonyl (C=O) groups is 3. The molecule has 0 aliphatic carbocycles. The van der Waals surface area contributed by atoms with Crippen LogP contribution in [0.25, 0.3) is 22.3 Å². The summed E-state index contributed by atoms with van der Waals surface area (Å²) in [4.78, 5) is 51.3. The average Bonchev–Trinajstić information content (AvgIpc) is 3.24. The van der Waals surface area contributed by atoms with Gasteiger partial charge in [-0.05, 0) is 39.8 Å². The highest BCUT2D eigenvalue weighted by atomic mass is 16.5. The van der Waals surface area contributed by atoms with Gasteiger partial charge in [0, 0.05) is 5.56 Å². The molecule has 0 unspecified atom stereocenters. The van der Waals surface area contributed by atoms with Gasteiger partial charge in [-0.25, -0.2) is 9.59 Å². The normalized spacial score (nSPS) is 10.8. The van der Waals surface area contributed by atoms with E-state index in [9.17, 15) is 19.2 Å². The Kier molecular flexibility index (Phi) is 8.14. The van der Waals surface area contributed by atoms with Crippen LogP contribution in [-0.2, 0) is 14.3 Å². The van der Waals surface area contributed by atoms with Crippen molar-refractivity contribution in [3.63, 3.8) is 0 Å². The summed E-state index contributed by atoms with van der Waals surface area (Å²) in [6, 6.07) is 14.0. The van der Waals surface area contributed by atoms with Gasteiger partial charge in [0.15, 0.2) is 12.4 Å². The van der Waals surface area contributed by atoms with Crippen molar-refractivity contribution >= 4 is 34.7 Å². The maximum Gasteiger partial charge on any atom is 0.344 e. The van der Waals surface area contributed by atoms with Crippen LogP contribution in [0.4, 0.5) is 5.88 Å². The van der Waals surface area contributed by atoms with Crippen LogP contribution in [0, 0.1) is 13.8 Å². The van der Waals surface area contributed by atoms with Crippen LogP contribution < -0.4 is 15.5 Å². The van der Waals surface area contributed by atoms with Crippen molar-refractivity contribution in [3.05, 3.63) is 81.2 Å². The van der Waals surface area contributed by atoms with E-state index in [4.69, 9.17) is 23.0 Å². The standard InChI is InChI=1S/C29H27NO9/c1-5-35-28(33)22-17(4)38-27(23(22)29(34)36-6-2)30-21(31)15-37-26-24(32)19-9-7-8-10-20(19)39-25(26)18-13-11-16(3)12-14-18/h7-14H,5-6,15H2,1-4H3,(H,30,31). The van der Waals surface area contributed by atoms with E-state index in [1.165, 1.54) is 6.92 Å². The number of hydrogen-bond donors (Lipinski definition) is 1. The van der Waals surface area contributed by atoms with E-state index in [2.05, 4.69) is 5.32 Å². The second kappa shape index (κ2) is 11.7. The Bertz CT molecular complexity index is 1600. The maximum atomic E-state index is 13.3. The van der Waals surface area contributed by atoms with Gasteiger partial charge in [-0.3, -0.25) is 14.9 Å². The molecule has 10 heteroatoms. The molecule has 1 amide bonds. The van der Waals surface area contributed by atoms with E-state index in [0.29, 0.717) is 11.1 Å². The number of carbonyl (C=O) groups excluding carboxylic acids is 3. The minimum atomic E-state index is -0.870. The molecule has 0 radical (unpaired) electrons. The highest BCUT2D eigenvalue weighted by molar-refractivity contribution is 6.09. The van der Waals surface area contributed by atoms with E-state index >= 15 is 0 Å². The van der Waals surface area contributed by atoms with Crippen LogP contribution in [-0.4, -0.2) is 37.7 Å². The number of hydrogen-bond acceptors (Lipinski definition) is 9. The summed E-state index contributed by atoms with van der Waals surface area (Å²) < 4.78 is 27.3. The fourth-order valence-electron chi connectivity index (χ4n) is 3.93. The minimum Gasteiger partial charge on any atom is -0.476 e. The van der Waals surface area contributed by atoms with Crippen molar-refractivity contribution < 1.29 is 37.4 Å². The van der Waals surface area contributed by atoms with Crippen molar-refractivity contribution in [2.75, 3.05) is 25.1 Å². The maximum absolute atomic E-state index is 13.3. The molecule has 0 saturated heterocycles. The van der Waals surface area contributed by atoms with Gasteiger partial charge < -0.3 is 23.0 Å². The first-order chi connectivity index (χ1) is 18.7. The van der Waals surface area contributed by atoms with E-state index in [1.807, 2.05) is 19.1 Å². The Morgan fingerprint density at radius 3 is 2.15 bits per heavy atom. The minimum absolute atomic E-state index is 0.0291. The number of ether oxygens (including phenoxy) is 3. The lowest BCUT2D eigenvalue weighted by atomic mass is 10.1. The third-order valence-corrected chi connectivity index (χ3v) is 5.71. The van der Waals surface area contributed by atoms with Crippen LogP contribution >= 0.6 is 0 Å². The lowest BCUT2D eigenvalue weighted by molar-refractivity contribution is -0.118. The van der Waals surface area contributed by atoms with Gasteiger partial charge in [0.05, 0.1) is 18.6 Å². The predicted octanol–water partition coefficient (Wildman–Crippen LogP) is 5.04. The number of para-hydroxylation sites is 1. The van der Waals surface area contributed by atoms with Gasteiger partial charge in [-0.2, -0.15) is 0 Å².